The molecule has 0 saturated carbocycles. The molecule has 3 rings (SSSR count). The zero-order chi connectivity index (χ0) is 21.9. The summed E-state index contributed by atoms with van der Waals surface area (Å²) in [4.78, 5) is 25.4. The van der Waals surface area contributed by atoms with Gasteiger partial charge >= 0.3 is 0 Å². The number of anilines is 1. The number of hydrogen-bond acceptors (Lipinski definition) is 6. The summed E-state index contributed by atoms with van der Waals surface area (Å²) in [6, 6.07) is 11.2. The van der Waals surface area contributed by atoms with Crippen LogP contribution in [0.1, 0.15) is 35.7 Å². The molecular formula is C21H25N3O5S. The Kier molecular flexibility index (Phi) is 6.40. The molecule has 1 amide bonds. The number of rotatable bonds is 6. The predicted molar refractivity (Wildman–Crippen MR) is 115 cm³/mol. The summed E-state index contributed by atoms with van der Waals surface area (Å²) in [5, 5.41) is 13.9. The van der Waals surface area contributed by atoms with E-state index in [2.05, 4.69) is 10.2 Å². The van der Waals surface area contributed by atoms with Gasteiger partial charge in [-0.2, -0.15) is 0 Å². The van der Waals surface area contributed by atoms with Crippen LogP contribution in [0.3, 0.4) is 0 Å². The first-order chi connectivity index (χ1) is 14.2. The summed E-state index contributed by atoms with van der Waals surface area (Å²) in [5.41, 5.74) is 1.94. The van der Waals surface area contributed by atoms with E-state index in [4.69, 9.17) is 0 Å². The SMILES string of the molecule is CCS(=O)(=O)c1ccc(N2CCC(NC(=O)c3ccc([N+](=O)[O-])cc3C)CC2)cc1. The van der Waals surface area contributed by atoms with Gasteiger partial charge in [0.2, 0.25) is 0 Å². The quantitative estimate of drug-likeness (QED) is 0.556. The molecule has 1 aliphatic rings. The lowest BCUT2D eigenvalue weighted by molar-refractivity contribution is -0.384. The van der Waals surface area contributed by atoms with Crippen LogP contribution in [0.4, 0.5) is 11.4 Å². The lowest BCUT2D eigenvalue weighted by Crippen LogP contribution is -2.44. The van der Waals surface area contributed by atoms with Crippen molar-refractivity contribution in [2.45, 2.75) is 37.6 Å². The van der Waals surface area contributed by atoms with Crippen molar-refractivity contribution >= 4 is 27.1 Å². The third-order valence-corrected chi connectivity index (χ3v) is 7.19. The van der Waals surface area contributed by atoms with Crippen LogP contribution in [0.5, 0.6) is 0 Å². The van der Waals surface area contributed by atoms with E-state index in [-0.39, 0.29) is 23.4 Å². The monoisotopic (exact) mass is 431 g/mol. The molecule has 0 radical (unpaired) electrons. The summed E-state index contributed by atoms with van der Waals surface area (Å²) in [6.07, 6.45) is 1.51. The third kappa shape index (κ3) is 4.79. The first kappa shape index (κ1) is 21.8. The van der Waals surface area contributed by atoms with Crippen LogP contribution in [0.15, 0.2) is 47.4 Å². The van der Waals surface area contributed by atoms with Crippen molar-refractivity contribution in [1.29, 1.82) is 0 Å². The second-order valence-electron chi connectivity index (χ2n) is 7.39. The Morgan fingerprint density at radius 1 is 1.17 bits per heavy atom. The molecule has 0 atom stereocenters. The summed E-state index contributed by atoms with van der Waals surface area (Å²) >= 11 is 0. The van der Waals surface area contributed by atoms with Crippen molar-refractivity contribution in [1.82, 2.24) is 5.32 Å². The first-order valence-corrected chi connectivity index (χ1v) is 11.5. The van der Waals surface area contributed by atoms with Crippen LogP contribution >= 0.6 is 0 Å². The van der Waals surface area contributed by atoms with E-state index in [0.29, 0.717) is 16.0 Å². The molecule has 30 heavy (non-hydrogen) atoms. The van der Waals surface area contributed by atoms with Crippen molar-refractivity contribution in [3.8, 4) is 0 Å². The highest BCUT2D eigenvalue weighted by molar-refractivity contribution is 7.91. The Morgan fingerprint density at radius 2 is 1.80 bits per heavy atom. The fourth-order valence-corrected chi connectivity index (χ4v) is 4.48. The maximum absolute atomic E-state index is 12.6. The van der Waals surface area contributed by atoms with E-state index in [1.54, 1.807) is 26.0 Å². The largest absolute Gasteiger partial charge is 0.371 e. The third-order valence-electron chi connectivity index (χ3n) is 5.44. The van der Waals surface area contributed by atoms with E-state index in [9.17, 15) is 23.3 Å². The summed E-state index contributed by atoms with van der Waals surface area (Å²) in [5.74, 6) is -0.152. The lowest BCUT2D eigenvalue weighted by atomic mass is 10.0. The van der Waals surface area contributed by atoms with Crippen LogP contribution in [-0.2, 0) is 9.84 Å². The van der Waals surface area contributed by atoms with Gasteiger partial charge in [-0.15, -0.1) is 0 Å². The molecule has 0 spiro atoms. The van der Waals surface area contributed by atoms with Gasteiger partial charge in [0.05, 0.1) is 15.6 Å². The van der Waals surface area contributed by atoms with Crippen LogP contribution in [0.2, 0.25) is 0 Å². The molecule has 160 valence electrons. The number of benzene rings is 2. The summed E-state index contributed by atoms with van der Waals surface area (Å²) in [6.45, 7) is 4.79. The van der Waals surface area contributed by atoms with E-state index in [1.807, 2.05) is 12.1 Å². The number of nitrogens with one attached hydrogen (secondary N) is 1. The van der Waals surface area contributed by atoms with Gasteiger partial charge in [0.15, 0.2) is 9.84 Å². The number of hydrogen-bond donors (Lipinski definition) is 1. The molecule has 1 saturated heterocycles. The van der Waals surface area contributed by atoms with Gasteiger partial charge in [0, 0.05) is 42.5 Å². The fourth-order valence-electron chi connectivity index (χ4n) is 3.59. The fraction of sp³-hybridized carbons (Fsp3) is 0.381. The Balaban J connectivity index is 1.58. The average Bonchev–Trinajstić information content (AvgIpc) is 2.74. The topological polar surface area (TPSA) is 110 Å². The highest BCUT2D eigenvalue weighted by Gasteiger charge is 2.23. The Morgan fingerprint density at radius 3 is 2.33 bits per heavy atom. The molecule has 1 fully saturated rings. The molecular weight excluding hydrogens is 406 g/mol. The minimum absolute atomic E-state index is 0.0167. The maximum atomic E-state index is 12.6. The molecule has 2 aromatic carbocycles. The smallest absolute Gasteiger partial charge is 0.269 e. The molecule has 0 unspecified atom stereocenters. The minimum atomic E-state index is -3.21. The summed E-state index contributed by atoms with van der Waals surface area (Å²) < 4.78 is 23.9. The number of non-ortho nitro benzene ring substituents is 1. The molecule has 8 nitrogen and oxygen atoms in total. The molecule has 1 N–H and O–H groups in total. The number of sulfone groups is 1. The maximum Gasteiger partial charge on any atom is 0.269 e. The standard InChI is InChI=1S/C21H25N3O5S/c1-3-30(28,29)19-7-4-17(5-8-19)23-12-10-16(11-13-23)22-21(25)20-9-6-18(24(26)27)14-15(20)2/h4-9,14,16H,3,10-13H2,1-2H3,(H,22,25). The molecule has 9 heteroatoms. The van der Waals surface area contributed by atoms with Gasteiger partial charge in [-0.1, -0.05) is 6.92 Å². The van der Waals surface area contributed by atoms with Crippen LogP contribution < -0.4 is 10.2 Å². The van der Waals surface area contributed by atoms with Crippen molar-refractivity contribution in [2.75, 3.05) is 23.7 Å². The molecule has 0 aliphatic carbocycles. The highest BCUT2D eigenvalue weighted by Crippen LogP contribution is 2.23. The number of nitro benzene ring substituents is 1. The molecule has 1 heterocycles. The Labute approximate surface area is 176 Å². The van der Waals surface area contributed by atoms with E-state index >= 15 is 0 Å². The number of carbonyl (C=O) groups is 1. The first-order valence-electron chi connectivity index (χ1n) is 9.85. The number of carbonyl (C=O) groups excluding carboxylic acids is 1. The van der Waals surface area contributed by atoms with Gasteiger partial charge in [-0.3, -0.25) is 14.9 Å². The summed E-state index contributed by atoms with van der Waals surface area (Å²) in [7, 11) is -3.21. The minimum Gasteiger partial charge on any atom is -0.371 e. The zero-order valence-electron chi connectivity index (χ0n) is 17.0. The van der Waals surface area contributed by atoms with Crippen molar-refractivity contribution in [3.05, 3.63) is 63.7 Å². The molecule has 2 aromatic rings. The van der Waals surface area contributed by atoms with Gasteiger partial charge in [0.25, 0.3) is 11.6 Å². The highest BCUT2D eigenvalue weighted by atomic mass is 32.2. The van der Waals surface area contributed by atoms with Crippen molar-refractivity contribution in [3.63, 3.8) is 0 Å². The van der Waals surface area contributed by atoms with E-state index in [1.165, 1.54) is 18.2 Å². The predicted octanol–water partition coefficient (Wildman–Crippen LogP) is 3.10. The molecule has 0 aromatic heterocycles. The van der Waals surface area contributed by atoms with Gasteiger partial charge in [0.1, 0.15) is 0 Å². The van der Waals surface area contributed by atoms with Crippen molar-refractivity contribution in [2.24, 2.45) is 0 Å². The van der Waals surface area contributed by atoms with Crippen LogP contribution in [0.25, 0.3) is 0 Å². The number of nitro groups is 1. The molecule has 1 aliphatic heterocycles. The number of amides is 1. The van der Waals surface area contributed by atoms with Crippen molar-refractivity contribution < 1.29 is 18.1 Å². The van der Waals surface area contributed by atoms with Crippen LogP contribution in [0, 0.1) is 17.0 Å². The lowest BCUT2D eigenvalue weighted by Gasteiger charge is -2.34. The normalized spacial score (nSPS) is 15.1. The zero-order valence-corrected chi connectivity index (χ0v) is 17.8. The average molecular weight is 432 g/mol. The van der Waals surface area contributed by atoms with Crippen LogP contribution in [-0.4, -0.2) is 44.1 Å². The van der Waals surface area contributed by atoms with Gasteiger partial charge in [-0.25, -0.2) is 8.42 Å². The Bertz CT molecular complexity index is 1040. The number of piperidine rings is 1. The van der Waals surface area contributed by atoms with E-state index in [0.717, 1.165) is 31.6 Å². The molecule has 0 bridgehead atoms. The Hall–Kier alpha value is -2.94. The second-order valence-corrected chi connectivity index (χ2v) is 9.67. The second kappa shape index (κ2) is 8.83. The number of aryl methyl sites for hydroxylation is 1. The van der Waals surface area contributed by atoms with Gasteiger partial charge in [-0.05, 0) is 55.7 Å². The van der Waals surface area contributed by atoms with Gasteiger partial charge < -0.3 is 10.2 Å². The van der Waals surface area contributed by atoms with E-state index < -0.39 is 14.8 Å². The number of nitrogens with zero attached hydrogens (tertiary/aromatic N) is 2.